The van der Waals surface area contributed by atoms with Gasteiger partial charge < -0.3 is 10.6 Å². The van der Waals surface area contributed by atoms with E-state index in [9.17, 15) is 10.1 Å². The van der Waals surface area contributed by atoms with Crippen LogP contribution in [0.3, 0.4) is 0 Å². The molecule has 1 aromatic heterocycles. The number of benzene rings is 1. The van der Waals surface area contributed by atoms with Gasteiger partial charge in [-0.1, -0.05) is 15.9 Å². The lowest BCUT2D eigenvalue weighted by molar-refractivity contribution is -0.384. The zero-order valence-electron chi connectivity index (χ0n) is 10.3. The smallest absolute Gasteiger partial charge is 0.311 e. The second kappa shape index (κ2) is 5.50. The quantitative estimate of drug-likeness (QED) is 0.689. The highest BCUT2D eigenvalue weighted by atomic mass is 79.9. The average Bonchev–Trinajstić information content (AvgIpc) is 2.37. The Balaban J connectivity index is 2.75. The number of rotatable bonds is 4. The van der Waals surface area contributed by atoms with E-state index in [4.69, 9.17) is 5.73 Å². The first-order chi connectivity index (χ1) is 9.04. The lowest BCUT2D eigenvalue weighted by atomic mass is 10.1. The summed E-state index contributed by atoms with van der Waals surface area (Å²) >= 11 is 3.38. The van der Waals surface area contributed by atoms with E-state index in [2.05, 4.69) is 20.9 Å². The van der Waals surface area contributed by atoms with E-state index in [1.807, 2.05) is 18.2 Å². The molecule has 0 unspecified atom stereocenters. The second-order valence-corrected chi connectivity index (χ2v) is 5.04. The van der Waals surface area contributed by atoms with Gasteiger partial charge in [0.15, 0.2) is 0 Å². The van der Waals surface area contributed by atoms with E-state index in [0.717, 1.165) is 9.86 Å². The summed E-state index contributed by atoms with van der Waals surface area (Å²) in [6.45, 7) is 0.956. The van der Waals surface area contributed by atoms with Crippen molar-refractivity contribution >= 4 is 38.2 Å². The van der Waals surface area contributed by atoms with E-state index in [1.165, 1.54) is 6.20 Å². The van der Waals surface area contributed by atoms with Gasteiger partial charge in [0.05, 0.1) is 10.4 Å². The maximum Gasteiger partial charge on any atom is 0.311 e. The van der Waals surface area contributed by atoms with Gasteiger partial charge in [-0.15, -0.1) is 0 Å². The Morgan fingerprint density at radius 2 is 2.26 bits per heavy atom. The third kappa shape index (κ3) is 2.66. The zero-order valence-corrected chi connectivity index (χ0v) is 11.9. The molecule has 0 aliphatic carbocycles. The highest BCUT2D eigenvalue weighted by Gasteiger charge is 2.21. The standard InChI is InChI=1S/C12H13BrN4O2/c1-16(5-4-14)12-9-6-8(13)2-3-10(9)15-7-11(12)17(18)19/h2-3,6-7H,4-5,14H2,1H3. The molecule has 0 bridgehead atoms. The Kier molecular flexibility index (Phi) is 3.96. The Morgan fingerprint density at radius 3 is 2.89 bits per heavy atom. The highest BCUT2D eigenvalue weighted by molar-refractivity contribution is 9.10. The third-order valence-electron chi connectivity index (χ3n) is 2.83. The SMILES string of the molecule is CN(CCN)c1c([N+](=O)[O-])cnc2ccc(Br)cc12. The summed E-state index contributed by atoms with van der Waals surface area (Å²) in [6, 6.07) is 5.51. The van der Waals surface area contributed by atoms with Crippen molar-refractivity contribution in [2.24, 2.45) is 5.73 Å². The van der Waals surface area contributed by atoms with Crippen LogP contribution in [0.25, 0.3) is 10.9 Å². The number of fused-ring (bicyclic) bond motifs is 1. The summed E-state index contributed by atoms with van der Waals surface area (Å²) in [7, 11) is 1.79. The van der Waals surface area contributed by atoms with Crippen molar-refractivity contribution < 1.29 is 4.92 Å². The van der Waals surface area contributed by atoms with Crippen molar-refractivity contribution in [2.45, 2.75) is 0 Å². The van der Waals surface area contributed by atoms with Gasteiger partial charge in [0.2, 0.25) is 0 Å². The van der Waals surface area contributed by atoms with Crippen LogP contribution in [0.2, 0.25) is 0 Å². The van der Waals surface area contributed by atoms with E-state index in [-0.39, 0.29) is 5.69 Å². The van der Waals surface area contributed by atoms with E-state index < -0.39 is 4.92 Å². The minimum absolute atomic E-state index is 0.0125. The summed E-state index contributed by atoms with van der Waals surface area (Å²) in [5.74, 6) is 0. The fraction of sp³-hybridized carbons (Fsp3) is 0.250. The Labute approximate surface area is 118 Å². The molecule has 2 N–H and O–H groups in total. The van der Waals surface area contributed by atoms with Gasteiger partial charge >= 0.3 is 5.69 Å². The van der Waals surface area contributed by atoms with E-state index in [0.29, 0.717) is 24.3 Å². The number of likely N-dealkylation sites (N-methyl/N-ethyl adjacent to an activating group) is 1. The fourth-order valence-electron chi connectivity index (χ4n) is 1.98. The van der Waals surface area contributed by atoms with Crippen LogP contribution in [-0.4, -0.2) is 30.0 Å². The molecule has 0 fully saturated rings. The lowest BCUT2D eigenvalue weighted by Crippen LogP contribution is -2.26. The number of aromatic nitrogens is 1. The van der Waals surface area contributed by atoms with Gasteiger partial charge in [-0.25, -0.2) is 4.98 Å². The molecule has 0 saturated heterocycles. The summed E-state index contributed by atoms with van der Waals surface area (Å²) in [4.78, 5) is 16.6. The zero-order chi connectivity index (χ0) is 14.0. The molecule has 1 aromatic carbocycles. The second-order valence-electron chi connectivity index (χ2n) is 4.12. The first-order valence-corrected chi connectivity index (χ1v) is 6.47. The Bertz CT molecular complexity index is 632. The molecule has 0 radical (unpaired) electrons. The lowest BCUT2D eigenvalue weighted by Gasteiger charge is -2.19. The monoisotopic (exact) mass is 324 g/mol. The predicted octanol–water partition coefficient (Wildman–Crippen LogP) is 2.30. The number of hydrogen-bond donors (Lipinski definition) is 1. The van der Waals surface area contributed by atoms with Crippen LogP contribution in [0.5, 0.6) is 0 Å². The molecule has 6 nitrogen and oxygen atoms in total. The highest BCUT2D eigenvalue weighted by Crippen LogP contribution is 2.35. The molecule has 0 saturated carbocycles. The molecular weight excluding hydrogens is 312 g/mol. The van der Waals surface area contributed by atoms with E-state index in [1.54, 1.807) is 11.9 Å². The number of anilines is 1. The fourth-order valence-corrected chi connectivity index (χ4v) is 2.34. The number of nitrogens with two attached hydrogens (primary N) is 1. The maximum atomic E-state index is 11.2. The minimum Gasteiger partial charge on any atom is -0.367 e. The third-order valence-corrected chi connectivity index (χ3v) is 3.32. The number of nitro groups is 1. The summed E-state index contributed by atoms with van der Waals surface area (Å²) in [5.41, 5.74) is 6.78. The molecule has 2 rings (SSSR count). The van der Waals surface area contributed by atoms with Crippen molar-refractivity contribution in [1.29, 1.82) is 0 Å². The first kappa shape index (κ1) is 13.7. The largest absolute Gasteiger partial charge is 0.367 e. The molecule has 0 atom stereocenters. The first-order valence-electron chi connectivity index (χ1n) is 5.68. The minimum atomic E-state index is -0.421. The number of halogens is 1. The van der Waals surface area contributed by atoms with Crippen LogP contribution in [0.4, 0.5) is 11.4 Å². The molecule has 1 heterocycles. The number of nitrogens with zero attached hydrogens (tertiary/aromatic N) is 3. The van der Waals surface area contributed by atoms with Crippen molar-refractivity contribution in [3.8, 4) is 0 Å². The van der Waals surface area contributed by atoms with Crippen LogP contribution in [0, 0.1) is 10.1 Å². The van der Waals surface area contributed by atoms with Crippen LogP contribution in [0.1, 0.15) is 0 Å². The molecule has 0 amide bonds. The predicted molar refractivity (Wildman–Crippen MR) is 78.4 cm³/mol. The van der Waals surface area contributed by atoms with Crippen molar-refractivity contribution in [1.82, 2.24) is 4.98 Å². The normalized spacial score (nSPS) is 10.7. The molecule has 0 aliphatic heterocycles. The van der Waals surface area contributed by atoms with Crippen molar-refractivity contribution in [2.75, 3.05) is 25.0 Å². The molecule has 0 aliphatic rings. The van der Waals surface area contributed by atoms with Gasteiger partial charge in [-0.3, -0.25) is 10.1 Å². The summed E-state index contributed by atoms with van der Waals surface area (Å²) < 4.78 is 0.852. The topological polar surface area (TPSA) is 85.3 Å². The van der Waals surface area contributed by atoms with Gasteiger partial charge in [0.25, 0.3) is 0 Å². The molecule has 0 spiro atoms. The van der Waals surface area contributed by atoms with Crippen molar-refractivity contribution in [3.63, 3.8) is 0 Å². The maximum absolute atomic E-state index is 11.2. The van der Waals surface area contributed by atoms with Crippen molar-refractivity contribution in [3.05, 3.63) is 39.0 Å². The molecule has 2 aromatic rings. The average molecular weight is 325 g/mol. The van der Waals surface area contributed by atoms with Gasteiger partial charge in [-0.05, 0) is 18.2 Å². The summed E-state index contributed by atoms with van der Waals surface area (Å²) in [6.07, 6.45) is 1.29. The number of hydrogen-bond acceptors (Lipinski definition) is 5. The number of pyridine rings is 1. The molecule has 19 heavy (non-hydrogen) atoms. The molecule has 100 valence electrons. The van der Waals surface area contributed by atoms with Crippen LogP contribution in [0.15, 0.2) is 28.9 Å². The van der Waals surface area contributed by atoms with Crippen LogP contribution < -0.4 is 10.6 Å². The molecular formula is C12H13BrN4O2. The Morgan fingerprint density at radius 1 is 1.53 bits per heavy atom. The van der Waals surface area contributed by atoms with Crippen LogP contribution >= 0.6 is 15.9 Å². The van der Waals surface area contributed by atoms with E-state index >= 15 is 0 Å². The Hall–Kier alpha value is -1.73. The molecule has 7 heteroatoms. The van der Waals surface area contributed by atoms with Gasteiger partial charge in [0.1, 0.15) is 11.9 Å². The van der Waals surface area contributed by atoms with Gasteiger partial charge in [0, 0.05) is 30.0 Å². The van der Waals surface area contributed by atoms with Crippen LogP contribution in [-0.2, 0) is 0 Å². The summed E-state index contributed by atoms with van der Waals surface area (Å²) in [5, 5.41) is 11.9. The van der Waals surface area contributed by atoms with Gasteiger partial charge in [-0.2, -0.15) is 0 Å².